The molecule has 0 N–H and O–H groups in total. The van der Waals surface area contributed by atoms with E-state index in [1.165, 1.54) is 17.6 Å². The van der Waals surface area contributed by atoms with Crippen LogP contribution in [0.2, 0.25) is 0 Å². The summed E-state index contributed by atoms with van der Waals surface area (Å²) in [5.74, 6) is 0. The van der Waals surface area contributed by atoms with Gasteiger partial charge in [-0.2, -0.15) is 0 Å². The highest BCUT2D eigenvalue weighted by atomic mass is 32.2. The molecule has 0 bridgehead atoms. The van der Waals surface area contributed by atoms with E-state index >= 15 is 0 Å². The zero-order chi connectivity index (χ0) is 10.9. The Morgan fingerprint density at radius 1 is 1.47 bits per heavy atom. The van der Waals surface area contributed by atoms with Crippen molar-refractivity contribution >= 4 is 21.2 Å². The summed E-state index contributed by atoms with van der Waals surface area (Å²) in [6, 6.07) is 7.82. The summed E-state index contributed by atoms with van der Waals surface area (Å²) in [5, 5.41) is 1.81. The van der Waals surface area contributed by atoms with Crippen molar-refractivity contribution < 1.29 is 8.42 Å². The molecule has 3 nitrogen and oxygen atoms in total. The first-order valence-electron chi connectivity index (χ1n) is 4.18. The summed E-state index contributed by atoms with van der Waals surface area (Å²) in [7, 11) is -3.23. The Hall–Kier alpha value is -1.20. The van der Waals surface area contributed by atoms with Crippen molar-refractivity contribution in [1.29, 1.82) is 0 Å². The van der Waals surface area contributed by atoms with Crippen molar-refractivity contribution in [1.82, 2.24) is 4.98 Å². The average Bonchev–Trinajstić information content (AvgIpc) is 2.69. The lowest BCUT2D eigenvalue weighted by molar-refractivity contribution is 0.602. The van der Waals surface area contributed by atoms with Gasteiger partial charge in [0.1, 0.15) is 0 Å². The number of rotatable bonds is 2. The molecule has 0 aliphatic carbocycles. The second-order valence-corrected chi connectivity index (χ2v) is 5.76. The minimum Gasteiger partial charge on any atom is -0.245 e. The number of aromatic nitrogens is 1. The van der Waals surface area contributed by atoms with Gasteiger partial charge in [0.05, 0.1) is 16.1 Å². The Morgan fingerprint density at radius 3 is 2.87 bits per heavy atom. The molecule has 2 rings (SSSR count). The predicted octanol–water partition coefficient (Wildman–Crippen LogP) is 2.01. The predicted molar refractivity (Wildman–Crippen MR) is 59.5 cm³/mol. The molecule has 0 amide bonds. The van der Waals surface area contributed by atoms with E-state index in [2.05, 4.69) is 11.1 Å². The third kappa shape index (κ3) is 2.08. The smallest absolute Gasteiger partial charge is 0.176 e. The van der Waals surface area contributed by atoms with Crippen molar-refractivity contribution in [2.24, 2.45) is 0 Å². The van der Waals surface area contributed by atoms with Gasteiger partial charge in [-0.3, -0.25) is 0 Å². The molecular formula is C10H8NO2S2. The molecule has 0 unspecified atom stereocenters. The molecule has 0 atom stereocenters. The fraction of sp³-hybridized carbons (Fsp3) is 0.100. The fourth-order valence-corrected chi connectivity index (χ4v) is 2.67. The van der Waals surface area contributed by atoms with Crippen LogP contribution >= 0.6 is 11.3 Å². The summed E-state index contributed by atoms with van der Waals surface area (Å²) < 4.78 is 23.0. The SMILES string of the molecule is CS(=O)(=O)c1ccc[c]c1-c1cscn1. The Morgan fingerprint density at radius 2 is 2.27 bits per heavy atom. The largest absolute Gasteiger partial charge is 0.245 e. The van der Waals surface area contributed by atoms with Crippen LogP contribution in [0.15, 0.2) is 34.0 Å². The first-order chi connectivity index (χ1) is 7.09. The second kappa shape index (κ2) is 3.75. The number of nitrogens with zero attached hydrogens (tertiary/aromatic N) is 1. The first-order valence-corrected chi connectivity index (χ1v) is 7.02. The molecule has 77 valence electrons. The summed E-state index contributed by atoms with van der Waals surface area (Å²) in [4.78, 5) is 4.36. The van der Waals surface area contributed by atoms with Crippen molar-refractivity contribution in [3.8, 4) is 11.3 Å². The summed E-state index contributed by atoms with van der Waals surface area (Å²) >= 11 is 1.43. The highest BCUT2D eigenvalue weighted by molar-refractivity contribution is 7.90. The maximum atomic E-state index is 11.5. The Kier molecular flexibility index (Phi) is 2.58. The van der Waals surface area contributed by atoms with E-state index in [4.69, 9.17) is 0 Å². The Labute approximate surface area is 92.3 Å². The van der Waals surface area contributed by atoms with E-state index in [-0.39, 0.29) is 4.90 Å². The van der Waals surface area contributed by atoms with E-state index in [9.17, 15) is 8.42 Å². The molecule has 0 saturated carbocycles. The summed E-state index contributed by atoms with van der Waals surface area (Å²) in [6.45, 7) is 0. The fourth-order valence-electron chi connectivity index (χ4n) is 1.27. The van der Waals surface area contributed by atoms with E-state index in [0.29, 0.717) is 11.3 Å². The molecule has 1 aromatic heterocycles. The van der Waals surface area contributed by atoms with Gasteiger partial charge in [0.2, 0.25) is 0 Å². The lowest BCUT2D eigenvalue weighted by Gasteiger charge is -2.03. The first kappa shape index (κ1) is 10.3. The van der Waals surface area contributed by atoms with Gasteiger partial charge in [-0.25, -0.2) is 13.4 Å². The average molecular weight is 238 g/mol. The summed E-state index contributed by atoms with van der Waals surface area (Å²) in [5.41, 5.74) is 2.87. The van der Waals surface area contributed by atoms with Crippen molar-refractivity contribution in [3.63, 3.8) is 0 Å². The standard InChI is InChI=1S/C10H8NO2S2/c1-15(12,13)10-5-3-2-4-8(10)9-6-14-7-11-9/h2-3,5-7H,1H3. The monoisotopic (exact) mass is 238 g/mol. The molecule has 0 fully saturated rings. The van der Waals surface area contributed by atoms with Gasteiger partial charge in [0, 0.05) is 17.2 Å². The van der Waals surface area contributed by atoms with Crippen LogP contribution in [0, 0.1) is 6.07 Å². The third-order valence-corrected chi connectivity index (χ3v) is 3.63. The van der Waals surface area contributed by atoms with Gasteiger partial charge in [-0.15, -0.1) is 11.3 Å². The minimum absolute atomic E-state index is 0.274. The van der Waals surface area contributed by atoms with Crippen LogP contribution in [0.4, 0.5) is 0 Å². The van der Waals surface area contributed by atoms with Gasteiger partial charge in [-0.05, 0) is 12.1 Å². The molecular weight excluding hydrogens is 230 g/mol. The number of hydrogen-bond donors (Lipinski definition) is 0. The lowest BCUT2D eigenvalue weighted by Crippen LogP contribution is -1.99. The molecule has 0 aliphatic heterocycles. The molecule has 1 heterocycles. The van der Waals surface area contributed by atoms with Crippen LogP contribution in [0.25, 0.3) is 11.3 Å². The quantitative estimate of drug-likeness (QED) is 0.804. The molecule has 0 spiro atoms. The molecule has 5 heteroatoms. The third-order valence-electron chi connectivity index (χ3n) is 1.91. The Balaban J connectivity index is 2.68. The topological polar surface area (TPSA) is 47.0 Å². The minimum atomic E-state index is -3.23. The van der Waals surface area contributed by atoms with E-state index < -0.39 is 9.84 Å². The van der Waals surface area contributed by atoms with Gasteiger partial charge >= 0.3 is 0 Å². The molecule has 2 aromatic rings. The van der Waals surface area contributed by atoms with Crippen LogP contribution in [-0.2, 0) is 9.84 Å². The van der Waals surface area contributed by atoms with Crippen LogP contribution < -0.4 is 0 Å². The molecule has 1 radical (unpaired) electrons. The van der Waals surface area contributed by atoms with Gasteiger partial charge in [0.25, 0.3) is 0 Å². The van der Waals surface area contributed by atoms with E-state index in [1.807, 2.05) is 0 Å². The number of sulfone groups is 1. The molecule has 0 aliphatic rings. The van der Waals surface area contributed by atoms with Crippen LogP contribution in [-0.4, -0.2) is 19.7 Å². The zero-order valence-corrected chi connectivity index (χ0v) is 9.60. The molecule has 0 saturated heterocycles. The highest BCUT2D eigenvalue weighted by Crippen LogP contribution is 2.26. The van der Waals surface area contributed by atoms with E-state index in [1.54, 1.807) is 29.1 Å². The van der Waals surface area contributed by atoms with E-state index in [0.717, 1.165) is 0 Å². The Bertz CT molecular complexity index is 559. The number of thiazole rings is 1. The van der Waals surface area contributed by atoms with Gasteiger partial charge in [-0.1, -0.05) is 12.1 Å². The normalized spacial score (nSPS) is 11.5. The second-order valence-electron chi connectivity index (χ2n) is 3.06. The lowest BCUT2D eigenvalue weighted by atomic mass is 10.2. The molecule has 1 aromatic carbocycles. The maximum Gasteiger partial charge on any atom is 0.176 e. The van der Waals surface area contributed by atoms with Crippen LogP contribution in [0.3, 0.4) is 0 Å². The number of benzene rings is 1. The maximum absolute atomic E-state index is 11.5. The van der Waals surface area contributed by atoms with Crippen LogP contribution in [0.1, 0.15) is 0 Å². The molecule has 15 heavy (non-hydrogen) atoms. The summed E-state index contributed by atoms with van der Waals surface area (Å²) in [6.07, 6.45) is 1.19. The highest BCUT2D eigenvalue weighted by Gasteiger charge is 2.14. The van der Waals surface area contributed by atoms with Crippen LogP contribution in [0.5, 0.6) is 0 Å². The number of hydrogen-bond acceptors (Lipinski definition) is 4. The van der Waals surface area contributed by atoms with Crippen molar-refractivity contribution in [3.05, 3.63) is 35.2 Å². The van der Waals surface area contributed by atoms with Crippen molar-refractivity contribution in [2.75, 3.05) is 6.26 Å². The van der Waals surface area contributed by atoms with Gasteiger partial charge < -0.3 is 0 Å². The van der Waals surface area contributed by atoms with Gasteiger partial charge in [0.15, 0.2) is 9.84 Å². The zero-order valence-electron chi connectivity index (χ0n) is 7.97. The van der Waals surface area contributed by atoms with Crippen molar-refractivity contribution in [2.45, 2.75) is 4.90 Å².